The van der Waals surface area contributed by atoms with E-state index in [2.05, 4.69) is 5.32 Å². The van der Waals surface area contributed by atoms with Gasteiger partial charge < -0.3 is 14.8 Å². The van der Waals surface area contributed by atoms with Crippen molar-refractivity contribution in [1.29, 1.82) is 0 Å². The van der Waals surface area contributed by atoms with Crippen LogP contribution in [-0.4, -0.2) is 26.0 Å². The molecule has 0 aromatic heterocycles. The number of nitrogens with one attached hydrogen (secondary N) is 1. The molecule has 0 heterocycles. The van der Waals surface area contributed by atoms with Crippen molar-refractivity contribution in [2.75, 3.05) is 19.5 Å². The van der Waals surface area contributed by atoms with Crippen LogP contribution in [-0.2, 0) is 9.53 Å². The molecule has 2 aromatic carbocycles. The van der Waals surface area contributed by atoms with Gasteiger partial charge in [-0.2, -0.15) is 0 Å². The van der Waals surface area contributed by atoms with Gasteiger partial charge in [-0.25, -0.2) is 4.79 Å². The maximum absolute atomic E-state index is 12.3. The zero-order valence-electron chi connectivity index (χ0n) is 13.2. The Balaban J connectivity index is 2.24. The lowest BCUT2D eigenvalue weighted by atomic mass is 10.1. The van der Waals surface area contributed by atoms with Crippen LogP contribution >= 0.6 is 11.6 Å². The summed E-state index contributed by atoms with van der Waals surface area (Å²) < 4.78 is 9.79. The third-order valence-corrected chi connectivity index (χ3v) is 3.43. The van der Waals surface area contributed by atoms with Crippen molar-refractivity contribution in [1.82, 2.24) is 0 Å². The summed E-state index contributed by atoms with van der Waals surface area (Å²) in [6.07, 6.45) is 1.19. The summed E-state index contributed by atoms with van der Waals surface area (Å²) in [6, 6.07) is 13.3. The van der Waals surface area contributed by atoms with Gasteiger partial charge in [-0.3, -0.25) is 4.79 Å². The third-order valence-electron chi connectivity index (χ3n) is 3.18. The fourth-order valence-electron chi connectivity index (χ4n) is 1.91. The van der Waals surface area contributed by atoms with E-state index in [1.807, 2.05) is 0 Å². The Labute approximate surface area is 144 Å². The molecule has 0 saturated heterocycles. The van der Waals surface area contributed by atoms with Crippen molar-refractivity contribution < 1.29 is 19.1 Å². The van der Waals surface area contributed by atoms with Gasteiger partial charge >= 0.3 is 5.97 Å². The molecule has 5 nitrogen and oxygen atoms in total. The van der Waals surface area contributed by atoms with Crippen molar-refractivity contribution in [3.8, 4) is 5.75 Å². The first-order valence-electron chi connectivity index (χ1n) is 7.04. The highest BCUT2D eigenvalue weighted by Crippen LogP contribution is 2.18. The van der Waals surface area contributed by atoms with E-state index in [9.17, 15) is 9.59 Å². The minimum Gasteiger partial charge on any atom is -0.497 e. The van der Waals surface area contributed by atoms with E-state index in [-0.39, 0.29) is 11.5 Å². The van der Waals surface area contributed by atoms with Gasteiger partial charge in [-0.15, -0.1) is 0 Å². The molecule has 2 rings (SSSR count). The lowest BCUT2D eigenvalue weighted by Gasteiger charge is -2.10. The summed E-state index contributed by atoms with van der Waals surface area (Å²) >= 11 is 5.80. The van der Waals surface area contributed by atoms with Gasteiger partial charge in [0.25, 0.3) is 0 Å². The van der Waals surface area contributed by atoms with E-state index in [1.54, 1.807) is 55.6 Å². The Bertz CT molecular complexity index is 752. The maximum Gasteiger partial charge on any atom is 0.354 e. The van der Waals surface area contributed by atoms with Gasteiger partial charge in [0.05, 0.1) is 14.2 Å². The number of methoxy groups -OCH3 is 2. The summed E-state index contributed by atoms with van der Waals surface area (Å²) in [4.78, 5) is 24.2. The van der Waals surface area contributed by atoms with E-state index in [4.69, 9.17) is 21.1 Å². The molecule has 6 heteroatoms. The molecule has 0 bridgehead atoms. The Morgan fingerprint density at radius 3 is 2.17 bits per heavy atom. The molecular weight excluding hydrogens is 330 g/mol. The molecule has 0 radical (unpaired) electrons. The van der Waals surface area contributed by atoms with Crippen molar-refractivity contribution in [2.24, 2.45) is 0 Å². The largest absolute Gasteiger partial charge is 0.497 e. The summed E-state index contributed by atoms with van der Waals surface area (Å²) in [6.45, 7) is 0. The summed E-state index contributed by atoms with van der Waals surface area (Å²) in [5.41, 5.74) is 1.07. The summed E-state index contributed by atoms with van der Waals surface area (Å²) in [7, 11) is 2.81. The van der Waals surface area contributed by atoms with E-state index in [0.717, 1.165) is 0 Å². The number of anilines is 1. The molecule has 0 spiro atoms. The molecule has 1 N–H and O–H groups in total. The van der Waals surface area contributed by atoms with Crippen molar-refractivity contribution in [3.63, 3.8) is 0 Å². The number of rotatable bonds is 6. The molecular formula is C18H16ClNO4. The first kappa shape index (κ1) is 17.6. The molecule has 0 aliphatic rings. The lowest BCUT2D eigenvalue weighted by Crippen LogP contribution is -2.15. The van der Waals surface area contributed by atoms with Gasteiger partial charge in [0.15, 0.2) is 5.78 Å². The van der Waals surface area contributed by atoms with Gasteiger partial charge in [0.2, 0.25) is 0 Å². The van der Waals surface area contributed by atoms with Crippen LogP contribution in [0.25, 0.3) is 0 Å². The van der Waals surface area contributed by atoms with Crippen LogP contribution < -0.4 is 10.1 Å². The van der Waals surface area contributed by atoms with Gasteiger partial charge in [0, 0.05) is 22.3 Å². The Kier molecular flexibility index (Phi) is 5.98. The first-order chi connectivity index (χ1) is 11.5. The van der Waals surface area contributed by atoms with Crippen LogP contribution in [0.15, 0.2) is 60.3 Å². The second-order valence-corrected chi connectivity index (χ2v) is 5.21. The van der Waals surface area contributed by atoms with Gasteiger partial charge in [-0.1, -0.05) is 11.6 Å². The summed E-state index contributed by atoms with van der Waals surface area (Å²) in [5, 5.41) is 3.41. The van der Waals surface area contributed by atoms with Crippen LogP contribution in [0.1, 0.15) is 10.4 Å². The number of benzene rings is 2. The topological polar surface area (TPSA) is 64.6 Å². The molecule has 2 aromatic rings. The highest BCUT2D eigenvalue weighted by molar-refractivity contribution is 6.30. The summed E-state index contributed by atoms with van der Waals surface area (Å²) in [5.74, 6) is -0.303. The maximum atomic E-state index is 12.3. The second-order valence-electron chi connectivity index (χ2n) is 4.77. The molecule has 0 unspecified atom stereocenters. The first-order valence-corrected chi connectivity index (χ1v) is 7.42. The number of hydrogen-bond donors (Lipinski definition) is 1. The smallest absolute Gasteiger partial charge is 0.354 e. The molecule has 0 fully saturated rings. The minimum absolute atomic E-state index is 0.0302. The second kappa shape index (κ2) is 8.17. The highest BCUT2D eigenvalue weighted by Gasteiger charge is 2.13. The number of ether oxygens (including phenoxy) is 2. The van der Waals surface area contributed by atoms with Crippen LogP contribution in [0.3, 0.4) is 0 Å². The normalized spacial score (nSPS) is 10.9. The Hall–Kier alpha value is -2.79. The molecule has 0 aliphatic heterocycles. The number of hydrogen-bond acceptors (Lipinski definition) is 5. The van der Waals surface area contributed by atoms with Gasteiger partial charge in [0.1, 0.15) is 11.4 Å². The van der Waals surface area contributed by atoms with E-state index in [0.29, 0.717) is 22.0 Å². The fourth-order valence-corrected chi connectivity index (χ4v) is 2.04. The molecule has 124 valence electrons. The average Bonchev–Trinajstić information content (AvgIpc) is 2.61. The fraction of sp³-hybridized carbons (Fsp3) is 0.111. The van der Waals surface area contributed by atoms with Crippen molar-refractivity contribution >= 4 is 29.0 Å². The Morgan fingerprint density at radius 2 is 1.62 bits per heavy atom. The van der Waals surface area contributed by atoms with E-state index >= 15 is 0 Å². The molecule has 0 aliphatic carbocycles. The van der Waals surface area contributed by atoms with Crippen LogP contribution in [0.5, 0.6) is 5.75 Å². The Morgan fingerprint density at radius 1 is 1.00 bits per heavy atom. The zero-order valence-corrected chi connectivity index (χ0v) is 14.0. The molecule has 0 amide bonds. The van der Waals surface area contributed by atoms with E-state index in [1.165, 1.54) is 13.2 Å². The number of esters is 1. The predicted molar refractivity (Wildman–Crippen MR) is 92.5 cm³/mol. The standard InChI is InChI=1S/C18H16ClNO4/c1-23-15-9-7-14(8-10-15)20-16(18(22)24-2)11-17(21)12-3-5-13(19)6-4-12/h3-11,20H,1-2H3/b16-11-. The number of halogens is 1. The van der Waals surface area contributed by atoms with Crippen molar-refractivity contribution in [2.45, 2.75) is 0 Å². The molecule has 0 saturated carbocycles. The molecule has 0 atom stereocenters. The van der Waals surface area contributed by atoms with Crippen molar-refractivity contribution in [3.05, 3.63) is 70.9 Å². The van der Waals surface area contributed by atoms with Gasteiger partial charge in [-0.05, 0) is 48.5 Å². The highest BCUT2D eigenvalue weighted by atomic mass is 35.5. The molecule has 24 heavy (non-hydrogen) atoms. The average molecular weight is 346 g/mol. The predicted octanol–water partition coefficient (Wildman–Crippen LogP) is 3.70. The van der Waals surface area contributed by atoms with Crippen LogP contribution in [0.2, 0.25) is 5.02 Å². The lowest BCUT2D eigenvalue weighted by molar-refractivity contribution is -0.135. The number of carbonyl (C=O) groups excluding carboxylic acids is 2. The zero-order chi connectivity index (χ0) is 17.5. The quantitative estimate of drug-likeness (QED) is 0.491. The van der Waals surface area contributed by atoms with Crippen LogP contribution in [0.4, 0.5) is 5.69 Å². The SMILES string of the molecule is COC(=O)/C(=C/C(=O)c1ccc(Cl)cc1)Nc1ccc(OC)cc1. The monoisotopic (exact) mass is 345 g/mol. The van der Waals surface area contributed by atoms with E-state index < -0.39 is 5.97 Å². The third kappa shape index (κ3) is 4.60. The van der Waals surface area contributed by atoms with Crippen LogP contribution in [0, 0.1) is 0 Å². The number of ketones is 1. The minimum atomic E-state index is -0.645. The number of allylic oxidation sites excluding steroid dienone is 1. The number of carbonyl (C=O) groups is 2.